The van der Waals surface area contributed by atoms with Gasteiger partial charge < -0.3 is 11.1 Å². The molecule has 1 atom stereocenters. The molecule has 4 N–H and O–H groups in total. The first-order chi connectivity index (χ1) is 21.0. The SMILES string of the molecule is CCc1ccc(-c2c(C#N)c(N)nc(SC(CC)C(=O)Nc3ccc(S(=O)(=O)Nc4nc(C)cc(C)n4)cc3)c2C#N)cc1. The second-order valence-corrected chi connectivity index (χ2v) is 12.7. The van der Waals surface area contributed by atoms with E-state index in [9.17, 15) is 23.7 Å². The molecule has 0 aliphatic rings. The predicted molar refractivity (Wildman–Crippen MR) is 170 cm³/mol. The van der Waals surface area contributed by atoms with E-state index in [1.165, 1.54) is 24.3 Å². The number of rotatable bonds is 10. The Balaban J connectivity index is 1.55. The molecule has 0 radical (unpaired) electrons. The smallest absolute Gasteiger partial charge is 0.264 e. The van der Waals surface area contributed by atoms with Gasteiger partial charge in [0.15, 0.2) is 0 Å². The van der Waals surface area contributed by atoms with E-state index in [0.29, 0.717) is 34.6 Å². The molecule has 13 heteroatoms. The number of pyridine rings is 1. The van der Waals surface area contributed by atoms with Gasteiger partial charge >= 0.3 is 0 Å². The summed E-state index contributed by atoms with van der Waals surface area (Å²) in [6, 6.07) is 19.2. The number of aromatic nitrogens is 3. The van der Waals surface area contributed by atoms with Crippen LogP contribution in [0.4, 0.5) is 17.5 Å². The summed E-state index contributed by atoms with van der Waals surface area (Å²) in [4.78, 5) is 25.8. The molecular weight excluding hydrogens is 597 g/mol. The van der Waals surface area contributed by atoms with Crippen LogP contribution >= 0.6 is 11.8 Å². The Kier molecular flexibility index (Phi) is 9.83. The van der Waals surface area contributed by atoms with Gasteiger partial charge in [0.05, 0.1) is 15.7 Å². The molecule has 4 rings (SSSR count). The fourth-order valence-electron chi connectivity index (χ4n) is 4.43. The molecule has 0 spiro atoms. The van der Waals surface area contributed by atoms with Crippen LogP contribution in [0.5, 0.6) is 0 Å². The lowest BCUT2D eigenvalue weighted by Gasteiger charge is -2.18. The fourth-order valence-corrected chi connectivity index (χ4v) is 6.39. The van der Waals surface area contributed by atoms with Crippen LogP contribution in [0.25, 0.3) is 11.1 Å². The van der Waals surface area contributed by atoms with Crippen molar-refractivity contribution < 1.29 is 13.2 Å². The molecule has 224 valence electrons. The van der Waals surface area contributed by atoms with Crippen LogP contribution in [0.1, 0.15) is 48.3 Å². The van der Waals surface area contributed by atoms with Gasteiger partial charge in [0.1, 0.15) is 28.5 Å². The Labute approximate surface area is 260 Å². The zero-order valence-corrected chi connectivity index (χ0v) is 26.2. The van der Waals surface area contributed by atoms with Gasteiger partial charge in [-0.15, -0.1) is 0 Å². The van der Waals surface area contributed by atoms with Crippen molar-refractivity contribution in [3.63, 3.8) is 0 Å². The number of benzene rings is 2. The number of nitrogens with zero attached hydrogens (tertiary/aromatic N) is 5. The third-order valence-electron chi connectivity index (χ3n) is 6.62. The molecule has 1 unspecified atom stereocenters. The zero-order chi connectivity index (χ0) is 32.0. The van der Waals surface area contributed by atoms with Crippen LogP contribution in [0, 0.1) is 36.5 Å². The number of amides is 1. The maximum atomic E-state index is 13.3. The van der Waals surface area contributed by atoms with Crippen molar-refractivity contribution in [2.75, 3.05) is 15.8 Å². The number of nitrogen functional groups attached to an aromatic ring is 1. The van der Waals surface area contributed by atoms with Gasteiger partial charge in [0, 0.05) is 22.6 Å². The Morgan fingerprint density at radius 1 is 0.955 bits per heavy atom. The molecule has 0 saturated carbocycles. The number of nitrogens with two attached hydrogens (primary N) is 1. The summed E-state index contributed by atoms with van der Waals surface area (Å²) < 4.78 is 28.1. The number of nitrogens with one attached hydrogen (secondary N) is 2. The van der Waals surface area contributed by atoms with E-state index in [2.05, 4.69) is 37.1 Å². The van der Waals surface area contributed by atoms with Crippen LogP contribution in [0.2, 0.25) is 0 Å². The average Bonchev–Trinajstić information content (AvgIpc) is 2.99. The highest BCUT2D eigenvalue weighted by Gasteiger charge is 2.26. The van der Waals surface area contributed by atoms with Crippen LogP contribution < -0.4 is 15.8 Å². The highest BCUT2D eigenvalue weighted by Crippen LogP contribution is 2.38. The van der Waals surface area contributed by atoms with Gasteiger partial charge in [-0.3, -0.25) is 4.79 Å². The third kappa shape index (κ3) is 7.14. The molecule has 0 fully saturated rings. The third-order valence-corrected chi connectivity index (χ3v) is 9.32. The van der Waals surface area contributed by atoms with Gasteiger partial charge in [-0.25, -0.2) is 28.1 Å². The maximum Gasteiger partial charge on any atom is 0.264 e. The normalized spacial score (nSPS) is 11.7. The van der Waals surface area contributed by atoms with Gasteiger partial charge in [-0.1, -0.05) is 49.9 Å². The lowest BCUT2D eigenvalue weighted by atomic mass is 9.96. The number of carbonyl (C=O) groups excluding carboxylic acids is 1. The summed E-state index contributed by atoms with van der Waals surface area (Å²) in [6.07, 6.45) is 1.22. The van der Waals surface area contributed by atoms with Gasteiger partial charge in [0.25, 0.3) is 10.0 Å². The summed E-state index contributed by atoms with van der Waals surface area (Å²) in [5.41, 5.74) is 10.2. The highest BCUT2D eigenvalue weighted by molar-refractivity contribution is 8.00. The van der Waals surface area contributed by atoms with Crippen LogP contribution in [0.3, 0.4) is 0 Å². The van der Waals surface area contributed by atoms with Crippen molar-refractivity contribution in [1.82, 2.24) is 15.0 Å². The molecule has 0 saturated heterocycles. The van der Waals surface area contributed by atoms with Gasteiger partial charge in [0.2, 0.25) is 11.9 Å². The largest absolute Gasteiger partial charge is 0.383 e. The van der Waals surface area contributed by atoms with E-state index >= 15 is 0 Å². The first-order valence-corrected chi connectivity index (χ1v) is 16.0. The molecule has 0 bridgehead atoms. The summed E-state index contributed by atoms with van der Waals surface area (Å²) in [6.45, 7) is 7.32. The van der Waals surface area contributed by atoms with Crippen LogP contribution in [0.15, 0.2) is 64.5 Å². The second-order valence-electron chi connectivity index (χ2n) is 9.81. The number of carbonyl (C=O) groups is 1. The Bertz CT molecular complexity index is 1880. The highest BCUT2D eigenvalue weighted by atomic mass is 32.2. The minimum atomic E-state index is -3.97. The first-order valence-electron chi connectivity index (χ1n) is 13.6. The van der Waals surface area contributed by atoms with E-state index in [-0.39, 0.29) is 38.7 Å². The number of aryl methyl sites for hydroxylation is 3. The van der Waals surface area contributed by atoms with E-state index in [0.717, 1.165) is 23.7 Å². The van der Waals surface area contributed by atoms with Crippen molar-refractivity contribution in [3.8, 4) is 23.3 Å². The van der Waals surface area contributed by atoms with Crippen molar-refractivity contribution in [3.05, 3.63) is 82.7 Å². The predicted octanol–water partition coefficient (Wildman–Crippen LogP) is 5.35. The van der Waals surface area contributed by atoms with E-state index in [1.807, 2.05) is 38.1 Å². The Morgan fingerprint density at radius 3 is 2.11 bits per heavy atom. The molecule has 0 aliphatic heterocycles. The molecule has 11 nitrogen and oxygen atoms in total. The van der Waals surface area contributed by atoms with Gasteiger partial charge in [-0.2, -0.15) is 10.5 Å². The monoisotopic (exact) mass is 626 g/mol. The summed E-state index contributed by atoms with van der Waals surface area (Å²) in [7, 11) is -3.97. The van der Waals surface area contributed by atoms with Gasteiger partial charge in [-0.05, 0) is 68.1 Å². The number of anilines is 3. The Morgan fingerprint density at radius 2 is 1.57 bits per heavy atom. The molecule has 1 amide bonds. The topological polar surface area (TPSA) is 188 Å². The van der Waals surface area contributed by atoms with Crippen LogP contribution in [-0.4, -0.2) is 34.5 Å². The fraction of sp³-hybridized carbons (Fsp3) is 0.226. The van der Waals surface area contributed by atoms with E-state index in [1.54, 1.807) is 19.9 Å². The Hall–Kier alpha value is -4.98. The number of nitriles is 2. The second kappa shape index (κ2) is 13.5. The average molecular weight is 627 g/mol. The molecule has 2 heterocycles. The summed E-state index contributed by atoms with van der Waals surface area (Å²) in [5, 5.41) is 22.3. The number of hydrogen-bond acceptors (Lipinski definition) is 10. The molecule has 44 heavy (non-hydrogen) atoms. The molecule has 2 aromatic heterocycles. The first kappa shape index (κ1) is 31.9. The van der Waals surface area contributed by atoms with Crippen LogP contribution in [-0.2, 0) is 21.2 Å². The summed E-state index contributed by atoms with van der Waals surface area (Å²) >= 11 is 1.07. The lowest BCUT2D eigenvalue weighted by molar-refractivity contribution is -0.115. The standard InChI is InChI=1S/C31H30N8O3S2/c1-5-20-7-9-21(10-8-20)27-24(16-32)28(34)38-30(25(27)17-33)43-26(6-2)29(40)37-22-11-13-23(14-12-22)44(41,42)39-31-35-18(3)15-19(4)36-31/h7-15,26H,5-6H2,1-4H3,(H2,34,38)(H,37,40)(H,35,36,39). The van der Waals surface area contributed by atoms with Crippen molar-refractivity contribution in [1.29, 1.82) is 10.5 Å². The number of hydrogen-bond donors (Lipinski definition) is 3. The molecule has 2 aromatic carbocycles. The minimum Gasteiger partial charge on any atom is -0.383 e. The number of sulfonamides is 1. The molecule has 0 aliphatic carbocycles. The van der Waals surface area contributed by atoms with Crippen molar-refractivity contribution >= 4 is 45.1 Å². The summed E-state index contributed by atoms with van der Waals surface area (Å²) in [5.74, 6) is -0.439. The molecular formula is C31H30N8O3S2. The van der Waals surface area contributed by atoms with Crippen molar-refractivity contribution in [2.24, 2.45) is 0 Å². The van der Waals surface area contributed by atoms with E-state index < -0.39 is 15.3 Å². The molecule has 4 aromatic rings. The maximum absolute atomic E-state index is 13.3. The van der Waals surface area contributed by atoms with E-state index in [4.69, 9.17) is 5.73 Å². The number of thioether (sulfide) groups is 1. The quantitative estimate of drug-likeness (QED) is 0.194. The lowest BCUT2D eigenvalue weighted by Crippen LogP contribution is -2.25. The zero-order valence-electron chi connectivity index (χ0n) is 24.5. The minimum absolute atomic E-state index is 0.0300. The van der Waals surface area contributed by atoms with Crippen molar-refractivity contribution in [2.45, 2.75) is 55.7 Å².